The molecule has 1 aromatic heterocycles. The Hall–Kier alpha value is -0.890. The summed E-state index contributed by atoms with van der Waals surface area (Å²) < 4.78 is 5.01. The fourth-order valence-electron chi connectivity index (χ4n) is 1.10. The highest BCUT2D eigenvalue weighted by molar-refractivity contribution is 7.98. The number of thioether (sulfide) groups is 1. The first kappa shape index (κ1) is 15.2. The van der Waals surface area contributed by atoms with E-state index >= 15 is 0 Å². The van der Waals surface area contributed by atoms with Gasteiger partial charge in [0.05, 0.1) is 31.0 Å². The Morgan fingerprint density at radius 3 is 3.06 bits per heavy atom. The summed E-state index contributed by atoms with van der Waals surface area (Å²) >= 11 is 7.18. The van der Waals surface area contributed by atoms with Gasteiger partial charge in [0.25, 0.3) is 5.91 Å². The van der Waals surface area contributed by atoms with Gasteiger partial charge in [-0.1, -0.05) is 23.4 Å². The Kier molecular flexibility index (Phi) is 6.96. The molecule has 0 saturated heterocycles. The van der Waals surface area contributed by atoms with E-state index in [0.717, 1.165) is 0 Å². The van der Waals surface area contributed by atoms with E-state index in [1.165, 1.54) is 18.0 Å². The topological polar surface area (TPSA) is 84.3 Å². The highest BCUT2D eigenvalue weighted by Gasteiger charge is 2.13. The summed E-state index contributed by atoms with van der Waals surface area (Å²) in [7, 11) is 0. The molecule has 0 bridgehead atoms. The fraction of sp³-hybridized carbons (Fsp3) is 0.500. The smallest absolute Gasteiger partial charge is 0.271 e. The zero-order chi connectivity index (χ0) is 13.4. The molecule has 0 saturated carbocycles. The molecule has 2 N–H and O–H groups in total. The molecule has 0 aliphatic heterocycles. The van der Waals surface area contributed by atoms with Gasteiger partial charge in [-0.3, -0.25) is 4.79 Å². The van der Waals surface area contributed by atoms with Crippen LogP contribution < -0.4 is 5.32 Å². The van der Waals surface area contributed by atoms with Gasteiger partial charge in [0.2, 0.25) is 0 Å². The monoisotopic (exact) mass is 291 g/mol. The van der Waals surface area contributed by atoms with Crippen molar-refractivity contribution in [2.24, 2.45) is 0 Å². The first-order chi connectivity index (χ1) is 8.69. The number of halogens is 1. The predicted molar refractivity (Wildman–Crippen MR) is 69.1 cm³/mol. The van der Waals surface area contributed by atoms with Gasteiger partial charge < -0.3 is 15.2 Å². The van der Waals surface area contributed by atoms with Crippen molar-refractivity contribution in [2.75, 3.05) is 32.6 Å². The van der Waals surface area contributed by atoms with Gasteiger partial charge in [0, 0.05) is 6.54 Å². The van der Waals surface area contributed by atoms with Crippen molar-refractivity contribution < 1.29 is 14.6 Å². The van der Waals surface area contributed by atoms with E-state index < -0.39 is 0 Å². The van der Waals surface area contributed by atoms with Crippen LogP contribution in [0.15, 0.2) is 11.4 Å². The second-order valence-corrected chi connectivity index (χ2v) is 4.33. The molecule has 100 valence electrons. The van der Waals surface area contributed by atoms with Gasteiger partial charge in [-0.15, -0.1) is 0 Å². The number of nitrogens with one attached hydrogen (secondary N) is 1. The van der Waals surface area contributed by atoms with Crippen LogP contribution >= 0.6 is 23.4 Å². The molecule has 0 radical (unpaired) electrons. The molecule has 0 aliphatic rings. The average molecular weight is 292 g/mol. The molecule has 8 heteroatoms. The lowest BCUT2D eigenvalue weighted by Crippen LogP contribution is -2.28. The predicted octanol–water partition coefficient (Wildman–Crippen LogP) is 0.591. The fourth-order valence-corrected chi connectivity index (χ4v) is 1.61. The first-order valence-corrected chi connectivity index (χ1v) is 6.82. The zero-order valence-corrected chi connectivity index (χ0v) is 11.4. The summed E-state index contributed by atoms with van der Waals surface area (Å²) in [6.45, 7) is 0.863. The number of hydrogen-bond acceptors (Lipinski definition) is 6. The van der Waals surface area contributed by atoms with Gasteiger partial charge in [-0.2, -0.15) is 0 Å². The number of nitrogens with zero attached hydrogens (tertiary/aromatic N) is 2. The minimum atomic E-state index is -0.370. The lowest BCUT2D eigenvalue weighted by atomic mass is 10.4. The quantitative estimate of drug-likeness (QED) is 0.434. The van der Waals surface area contributed by atoms with Crippen molar-refractivity contribution >= 4 is 29.3 Å². The lowest BCUT2D eigenvalue weighted by molar-refractivity contribution is 0.0834. The Morgan fingerprint density at radius 1 is 1.61 bits per heavy atom. The minimum Gasteiger partial charge on any atom is -0.394 e. The van der Waals surface area contributed by atoms with E-state index in [9.17, 15) is 4.79 Å². The highest BCUT2D eigenvalue weighted by atomic mass is 35.5. The van der Waals surface area contributed by atoms with Gasteiger partial charge >= 0.3 is 0 Å². The lowest BCUT2D eigenvalue weighted by Gasteiger charge is -2.06. The van der Waals surface area contributed by atoms with Crippen LogP contribution in [-0.4, -0.2) is 53.6 Å². The molecule has 0 aliphatic carbocycles. The van der Waals surface area contributed by atoms with Gasteiger partial charge in [-0.05, 0) is 6.26 Å². The molecule has 0 spiro atoms. The van der Waals surface area contributed by atoms with E-state index in [4.69, 9.17) is 21.4 Å². The Labute approximate surface area is 114 Å². The number of aliphatic hydroxyl groups is 1. The number of aromatic nitrogens is 2. The van der Waals surface area contributed by atoms with Crippen LogP contribution in [0.5, 0.6) is 0 Å². The van der Waals surface area contributed by atoms with Crippen LogP contribution in [0.25, 0.3) is 0 Å². The van der Waals surface area contributed by atoms with Gasteiger partial charge in [0.1, 0.15) is 0 Å². The van der Waals surface area contributed by atoms with Crippen molar-refractivity contribution in [1.82, 2.24) is 15.3 Å². The molecule has 18 heavy (non-hydrogen) atoms. The third kappa shape index (κ3) is 4.77. The van der Waals surface area contributed by atoms with E-state index in [1.54, 1.807) is 0 Å². The third-order valence-electron chi connectivity index (χ3n) is 1.89. The molecular weight excluding hydrogens is 278 g/mol. The third-order valence-corrected chi connectivity index (χ3v) is 2.73. The summed E-state index contributed by atoms with van der Waals surface area (Å²) in [5, 5.41) is 11.8. The maximum absolute atomic E-state index is 11.8. The maximum Gasteiger partial charge on any atom is 0.271 e. The summed E-state index contributed by atoms with van der Waals surface area (Å²) in [4.78, 5) is 19.7. The number of amides is 1. The average Bonchev–Trinajstić information content (AvgIpc) is 2.39. The molecule has 0 atom stereocenters. The summed E-state index contributed by atoms with van der Waals surface area (Å²) in [5.74, 6) is -0.370. The van der Waals surface area contributed by atoms with Gasteiger partial charge in [0.15, 0.2) is 10.9 Å². The second kappa shape index (κ2) is 8.25. The van der Waals surface area contributed by atoms with Crippen LogP contribution in [-0.2, 0) is 4.74 Å². The van der Waals surface area contributed by atoms with E-state index in [-0.39, 0.29) is 29.8 Å². The molecule has 0 unspecified atom stereocenters. The molecule has 1 heterocycles. The zero-order valence-electron chi connectivity index (χ0n) is 9.85. The molecule has 1 rings (SSSR count). The van der Waals surface area contributed by atoms with E-state index in [0.29, 0.717) is 18.3 Å². The van der Waals surface area contributed by atoms with Crippen molar-refractivity contribution in [3.05, 3.63) is 16.9 Å². The van der Waals surface area contributed by atoms with Crippen molar-refractivity contribution in [3.8, 4) is 0 Å². The normalized spacial score (nSPS) is 10.4. The number of ether oxygens (including phenoxy) is 1. The molecule has 0 fully saturated rings. The van der Waals surface area contributed by atoms with Crippen LogP contribution in [0.3, 0.4) is 0 Å². The van der Waals surface area contributed by atoms with E-state index in [1.807, 2.05) is 6.26 Å². The molecule has 6 nitrogen and oxygen atoms in total. The minimum absolute atomic E-state index is 0.0389. The van der Waals surface area contributed by atoms with Crippen molar-refractivity contribution in [2.45, 2.75) is 5.16 Å². The first-order valence-electron chi connectivity index (χ1n) is 5.22. The van der Waals surface area contributed by atoms with Crippen LogP contribution in [0.4, 0.5) is 0 Å². The Morgan fingerprint density at radius 2 is 2.39 bits per heavy atom. The summed E-state index contributed by atoms with van der Waals surface area (Å²) in [5.41, 5.74) is 0.151. The number of aliphatic hydroxyl groups excluding tert-OH is 1. The van der Waals surface area contributed by atoms with Crippen molar-refractivity contribution in [1.29, 1.82) is 0 Å². The molecule has 0 aromatic carbocycles. The van der Waals surface area contributed by atoms with Crippen LogP contribution in [0, 0.1) is 0 Å². The van der Waals surface area contributed by atoms with Crippen LogP contribution in [0.1, 0.15) is 10.5 Å². The maximum atomic E-state index is 11.8. The Bertz CT molecular complexity index is 406. The molecular formula is C10H14ClN3O3S. The number of carbonyl (C=O) groups excluding carboxylic acids is 1. The number of rotatable bonds is 7. The number of hydrogen-bond donors (Lipinski definition) is 2. The summed E-state index contributed by atoms with van der Waals surface area (Å²) in [6, 6.07) is 0. The van der Waals surface area contributed by atoms with Crippen molar-refractivity contribution in [3.63, 3.8) is 0 Å². The SMILES string of the molecule is CSc1ncc(Cl)c(C(=O)NCCOCCO)n1. The standard InChI is InChI=1S/C10H14ClN3O3S/c1-18-10-13-6-7(11)8(14-10)9(16)12-2-4-17-5-3-15/h6,15H,2-5H2,1H3,(H,12,16). The van der Waals surface area contributed by atoms with Crippen LogP contribution in [0.2, 0.25) is 5.02 Å². The largest absolute Gasteiger partial charge is 0.394 e. The number of carbonyl (C=O) groups is 1. The van der Waals surface area contributed by atoms with Gasteiger partial charge in [-0.25, -0.2) is 9.97 Å². The second-order valence-electron chi connectivity index (χ2n) is 3.15. The Balaban J connectivity index is 2.50. The molecule has 1 aromatic rings. The molecule has 1 amide bonds. The summed E-state index contributed by atoms with van der Waals surface area (Å²) in [6.07, 6.45) is 3.21. The highest BCUT2D eigenvalue weighted by Crippen LogP contribution is 2.16. The van der Waals surface area contributed by atoms with E-state index in [2.05, 4.69) is 15.3 Å².